The molecule has 1 aliphatic heterocycles. The number of halogens is 2. The summed E-state index contributed by atoms with van der Waals surface area (Å²) in [5.41, 5.74) is 0. The Morgan fingerprint density at radius 2 is 1.89 bits per heavy atom. The maximum absolute atomic E-state index is 13.6. The molecule has 0 radical (unpaired) electrons. The molecule has 0 bridgehead atoms. The fraction of sp³-hybridized carbons (Fsp3) is 0.615. The van der Waals surface area contributed by atoms with Crippen LogP contribution in [0.4, 0.5) is 14.6 Å². The summed E-state index contributed by atoms with van der Waals surface area (Å²) in [6, 6.07) is 0.778. The van der Waals surface area contributed by atoms with Crippen LogP contribution in [-0.4, -0.2) is 30.3 Å². The lowest BCUT2D eigenvalue weighted by atomic mass is 10.0. The van der Waals surface area contributed by atoms with Crippen LogP contribution >= 0.6 is 0 Å². The molecule has 0 aromatic carbocycles. The lowest BCUT2D eigenvalue weighted by Gasteiger charge is -2.32. The Balaban J connectivity index is 2.14. The van der Waals surface area contributed by atoms with Crippen LogP contribution < -0.4 is 10.1 Å². The predicted octanol–water partition coefficient (Wildman–Crippen LogP) is 2.74. The highest BCUT2D eigenvalue weighted by Gasteiger charge is 2.27. The van der Waals surface area contributed by atoms with Crippen LogP contribution in [0.1, 0.15) is 26.7 Å². The van der Waals surface area contributed by atoms with Gasteiger partial charge < -0.3 is 14.8 Å². The van der Waals surface area contributed by atoms with E-state index < -0.39 is 11.6 Å². The van der Waals surface area contributed by atoms with Crippen molar-refractivity contribution in [1.29, 1.82) is 0 Å². The van der Waals surface area contributed by atoms with E-state index in [1.54, 1.807) is 0 Å². The van der Waals surface area contributed by atoms with Gasteiger partial charge in [0, 0.05) is 26.0 Å². The highest BCUT2D eigenvalue weighted by atomic mass is 19.1. The van der Waals surface area contributed by atoms with Crippen molar-refractivity contribution >= 4 is 5.82 Å². The highest BCUT2D eigenvalue weighted by Crippen LogP contribution is 2.26. The van der Waals surface area contributed by atoms with Gasteiger partial charge in [0.05, 0.1) is 12.2 Å². The Morgan fingerprint density at radius 3 is 2.47 bits per heavy atom. The molecule has 1 N–H and O–H groups in total. The maximum Gasteiger partial charge on any atom is 0.252 e. The standard InChI is InChI=1S/C13H18F2N2O2/c1-7-4-9(5-8(2)18-7)19-13-11(15)6-10(14)12(16-3)17-13/h6-9H,4-5H2,1-3H3,(H,16,17). The smallest absolute Gasteiger partial charge is 0.252 e. The number of nitrogens with one attached hydrogen (secondary N) is 1. The highest BCUT2D eigenvalue weighted by molar-refractivity contribution is 5.39. The number of ether oxygens (including phenoxy) is 2. The molecule has 106 valence electrons. The van der Waals surface area contributed by atoms with E-state index in [1.165, 1.54) is 7.05 Å². The Labute approximate surface area is 111 Å². The fourth-order valence-corrected chi connectivity index (χ4v) is 2.31. The van der Waals surface area contributed by atoms with Crippen molar-refractivity contribution in [1.82, 2.24) is 4.98 Å². The quantitative estimate of drug-likeness (QED) is 0.918. The number of aromatic nitrogens is 1. The Bertz CT molecular complexity index is 447. The first-order valence-electron chi connectivity index (χ1n) is 6.35. The fourth-order valence-electron chi connectivity index (χ4n) is 2.31. The van der Waals surface area contributed by atoms with E-state index in [-0.39, 0.29) is 30.0 Å². The SMILES string of the molecule is CNc1nc(OC2CC(C)OC(C)C2)c(F)cc1F. The van der Waals surface area contributed by atoms with Crippen molar-refractivity contribution in [2.75, 3.05) is 12.4 Å². The van der Waals surface area contributed by atoms with Crippen molar-refractivity contribution < 1.29 is 18.3 Å². The molecule has 2 rings (SSSR count). The number of hydrogen-bond acceptors (Lipinski definition) is 4. The van der Waals surface area contributed by atoms with Gasteiger partial charge in [-0.05, 0) is 13.8 Å². The third-order valence-corrected chi connectivity index (χ3v) is 3.07. The molecule has 1 aromatic heterocycles. The van der Waals surface area contributed by atoms with Gasteiger partial charge in [0.15, 0.2) is 17.5 Å². The molecule has 2 unspecified atom stereocenters. The first kappa shape index (κ1) is 14.0. The normalized spacial score (nSPS) is 27.1. The second-order valence-corrected chi connectivity index (χ2v) is 4.82. The average molecular weight is 272 g/mol. The monoisotopic (exact) mass is 272 g/mol. The van der Waals surface area contributed by atoms with Crippen molar-refractivity contribution in [3.8, 4) is 5.88 Å². The summed E-state index contributed by atoms with van der Waals surface area (Å²) in [5, 5.41) is 2.56. The number of anilines is 1. The lowest BCUT2D eigenvalue weighted by Crippen LogP contribution is -2.36. The van der Waals surface area contributed by atoms with E-state index in [4.69, 9.17) is 9.47 Å². The molecule has 19 heavy (non-hydrogen) atoms. The zero-order valence-corrected chi connectivity index (χ0v) is 11.2. The second kappa shape index (κ2) is 5.69. The van der Waals surface area contributed by atoms with E-state index in [2.05, 4.69) is 10.3 Å². The number of hydrogen-bond donors (Lipinski definition) is 1. The molecule has 0 aliphatic carbocycles. The minimum Gasteiger partial charge on any atom is -0.472 e. The number of rotatable bonds is 3. The van der Waals surface area contributed by atoms with Crippen molar-refractivity contribution in [2.45, 2.75) is 45.0 Å². The Morgan fingerprint density at radius 1 is 1.26 bits per heavy atom. The molecular weight excluding hydrogens is 254 g/mol. The molecule has 0 saturated carbocycles. The minimum absolute atomic E-state index is 0.0236. The minimum atomic E-state index is -0.789. The first-order valence-corrected chi connectivity index (χ1v) is 6.35. The van der Waals surface area contributed by atoms with Crippen molar-refractivity contribution in [3.63, 3.8) is 0 Å². The van der Waals surface area contributed by atoms with E-state index in [0.29, 0.717) is 12.8 Å². The average Bonchev–Trinajstić information content (AvgIpc) is 2.31. The summed E-state index contributed by atoms with van der Waals surface area (Å²) in [6.07, 6.45) is 1.27. The van der Waals surface area contributed by atoms with Crippen molar-refractivity contribution in [2.24, 2.45) is 0 Å². The van der Waals surface area contributed by atoms with Gasteiger partial charge in [-0.25, -0.2) is 8.78 Å². The van der Waals surface area contributed by atoms with Crippen LogP contribution in [0.25, 0.3) is 0 Å². The summed E-state index contributed by atoms with van der Waals surface area (Å²) >= 11 is 0. The number of nitrogens with zero attached hydrogens (tertiary/aromatic N) is 1. The maximum atomic E-state index is 13.6. The summed E-state index contributed by atoms with van der Waals surface area (Å²) in [4.78, 5) is 3.81. The van der Waals surface area contributed by atoms with Gasteiger partial charge in [-0.15, -0.1) is 0 Å². The van der Waals surface area contributed by atoms with Crippen LogP contribution in [-0.2, 0) is 4.74 Å². The molecule has 6 heteroatoms. The van der Waals surface area contributed by atoms with Gasteiger partial charge in [-0.1, -0.05) is 0 Å². The third kappa shape index (κ3) is 3.32. The summed E-state index contributed by atoms with van der Waals surface area (Å²) in [6.45, 7) is 3.89. The van der Waals surface area contributed by atoms with Gasteiger partial charge >= 0.3 is 0 Å². The molecule has 2 atom stereocenters. The molecule has 1 aliphatic rings. The van der Waals surface area contributed by atoms with Gasteiger partial charge in [0.25, 0.3) is 5.88 Å². The van der Waals surface area contributed by atoms with Crippen LogP contribution in [0.5, 0.6) is 5.88 Å². The molecule has 4 nitrogen and oxygen atoms in total. The molecule has 1 saturated heterocycles. The van der Waals surface area contributed by atoms with Crippen LogP contribution in [0.2, 0.25) is 0 Å². The molecule has 1 fully saturated rings. The van der Waals surface area contributed by atoms with Gasteiger partial charge in [0.2, 0.25) is 0 Å². The Kier molecular flexibility index (Phi) is 4.19. The Hall–Kier alpha value is -1.43. The molecule has 2 heterocycles. The van der Waals surface area contributed by atoms with E-state index >= 15 is 0 Å². The third-order valence-electron chi connectivity index (χ3n) is 3.07. The van der Waals surface area contributed by atoms with Crippen LogP contribution in [0.3, 0.4) is 0 Å². The number of pyridine rings is 1. The molecular formula is C13H18F2N2O2. The first-order chi connectivity index (χ1) is 8.99. The molecule has 0 amide bonds. The topological polar surface area (TPSA) is 43.4 Å². The predicted molar refractivity (Wildman–Crippen MR) is 67.4 cm³/mol. The van der Waals surface area contributed by atoms with Crippen LogP contribution in [0, 0.1) is 11.6 Å². The zero-order valence-electron chi connectivity index (χ0n) is 11.2. The molecule has 1 aromatic rings. The summed E-state index contributed by atoms with van der Waals surface area (Å²) in [7, 11) is 1.52. The second-order valence-electron chi connectivity index (χ2n) is 4.82. The summed E-state index contributed by atoms with van der Waals surface area (Å²) in [5.74, 6) is -1.72. The van der Waals surface area contributed by atoms with Crippen molar-refractivity contribution in [3.05, 3.63) is 17.7 Å². The van der Waals surface area contributed by atoms with E-state index in [1.807, 2.05) is 13.8 Å². The van der Waals surface area contributed by atoms with Gasteiger partial charge in [0.1, 0.15) is 6.10 Å². The summed E-state index contributed by atoms with van der Waals surface area (Å²) < 4.78 is 38.1. The van der Waals surface area contributed by atoms with E-state index in [9.17, 15) is 8.78 Å². The molecule has 0 spiro atoms. The lowest BCUT2D eigenvalue weighted by molar-refractivity contribution is -0.0736. The van der Waals surface area contributed by atoms with E-state index in [0.717, 1.165) is 6.07 Å². The van der Waals surface area contributed by atoms with Gasteiger partial charge in [-0.2, -0.15) is 4.98 Å². The van der Waals surface area contributed by atoms with Gasteiger partial charge in [-0.3, -0.25) is 0 Å². The zero-order chi connectivity index (χ0) is 14.0. The largest absolute Gasteiger partial charge is 0.472 e. The van der Waals surface area contributed by atoms with Crippen LogP contribution in [0.15, 0.2) is 6.07 Å².